The minimum Gasteiger partial charge on any atom is -0.480 e. The van der Waals surface area contributed by atoms with Crippen LogP contribution in [0.5, 0.6) is 0 Å². The molecule has 0 atom stereocenters. The standard InChI is InChI=1S/C16H24N2O3/c1-12(2)18(11-16(20)21)15(19)9-8-13-6-5-7-14(10-13)17(3)4/h5-7,10,12H,8-9,11H2,1-4H3,(H,20,21). The lowest BCUT2D eigenvalue weighted by atomic mass is 10.1. The molecule has 5 nitrogen and oxygen atoms in total. The van der Waals surface area contributed by atoms with Crippen molar-refractivity contribution in [1.29, 1.82) is 0 Å². The molecule has 0 fully saturated rings. The average Bonchev–Trinajstić information content (AvgIpc) is 2.42. The summed E-state index contributed by atoms with van der Waals surface area (Å²) >= 11 is 0. The lowest BCUT2D eigenvalue weighted by Gasteiger charge is -2.25. The summed E-state index contributed by atoms with van der Waals surface area (Å²) in [6.45, 7) is 3.41. The first-order valence-corrected chi connectivity index (χ1v) is 7.08. The number of benzene rings is 1. The van der Waals surface area contributed by atoms with Crippen molar-refractivity contribution >= 4 is 17.6 Å². The van der Waals surface area contributed by atoms with E-state index in [4.69, 9.17) is 5.11 Å². The molecule has 0 aliphatic heterocycles. The van der Waals surface area contributed by atoms with Gasteiger partial charge >= 0.3 is 5.97 Å². The fourth-order valence-electron chi connectivity index (χ4n) is 2.09. The fourth-order valence-corrected chi connectivity index (χ4v) is 2.09. The molecule has 0 radical (unpaired) electrons. The van der Waals surface area contributed by atoms with Gasteiger partial charge in [-0.3, -0.25) is 9.59 Å². The second-order valence-corrected chi connectivity index (χ2v) is 5.57. The van der Waals surface area contributed by atoms with E-state index < -0.39 is 5.97 Å². The van der Waals surface area contributed by atoms with Gasteiger partial charge < -0.3 is 14.9 Å². The van der Waals surface area contributed by atoms with Crippen molar-refractivity contribution in [1.82, 2.24) is 4.90 Å². The van der Waals surface area contributed by atoms with Crippen LogP contribution in [0.25, 0.3) is 0 Å². The van der Waals surface area contributed by atoms with Gasteiger partial charge in [-0.25, -0.2) is 0 Å². The number of rotatable bonds is 7. The maximum atomic E-state index is 12.2. The largest absolute Gasteiger partial charge is 0.480 e. The first-order chi connectivity index (χ1) is 9.81. The Labute approximate surface area is 126 Å². The van der Waals surface area contributed by atoms with Crippen molar-refractivity contribution in [3.63, 3.8) is 0 Å². The lowest BCUT2D eigenvalue weighted by molar-refractivity contribution is -0.145. The van der Waals surface area contributed by atoms with Crippen LogP contribution in [0.4, 0.5) is 5.69 Å². The summed E-state index contributed by atoms with van der Waals surface area (Å²) in [5, 5.41) is 8.86. The molecular formula is C16H24N2O3. The number of aliphatic carboxylic acids is 1. The van der Waals surface area contributed by atoms with Crippen molar-refractivity contribution in [3.05, 3.63) is 29.8 Å². The van der Waals surface area contributed by atoms with E-state index in [1.165, 1.54) is 4.90 Å². The molecule has 0 aliphatic rings. The molecule has 0 heterocycles. The number of amides is 1. The molecule has 1 aromatic rings. The zero-order valence-electron chi connectivity index (χ0n) is 13.2. The van der Waals surface area contributed by atoms with Crippen LogP contribution in [0.1, 0.15) is 25.8 Å². The van der Waals surface area contributed by atoms with Gasteiger partial charge in [0.15, 0.2) is 0 Å². The normalized spacial score (nSPS) is 10.5. The molecule has 21 heavy (non-hydrogen) atoms. The highest BCUT2D eigenvalue weighted by molar-refractivity contribution is 5.81. The Bertz CT molecular complexity index is 498. The van der Waals surface area contributed by atoms with E-state index in [-0.39, 0.29) is 18.5 Å². The number of anilines is 1. The second kappa shape index (κ2) is 7.67. The highest BCUT2D eigenvalue weighted by atomic mass is 16.4. The van der Waals surface area contributed by atoms with Crippen LogP contribution < -0.4 is 4.90 Å². The molecule has 0 spiro atoms. The molecule has 0 saturated carbocycles. The summed E-state index contributed by atoms with van der Waals surface area (Å²) in [4.78, 5) is 26.4. The topological polar surface area (TPSA) is 60.9 Å². The maximum absolute atomic E-state index is 12.2. The predicted octanol–water partition coefficient (Wildman–Crippen LogP) is 2.01. The van der Waals surface area contributed by atoms with E-state index in [1.54, 1.807) is 0 Å². The van der Waals surface area contributed by atoms with Gasteiger partial charge in [-0.1, -0.05) is 12.1 Å². The predicted molar refractivity (Wildman–Crippen MR) is 83.6 cm³/mol. The third-order valence-corrected chi connectivity index (χ3v) is 3.30. The van der Waals surface area contributed by atoms with Crippen molar-refractivity contribution < 1.29 is 14.7 Å². The van der Waals surface area contributed by atoms with Gasteiger partial charge in [0, 0.05) is 32.2 Å². The van der Waals surface area contributed by atoms with Crippen LogP contribution in [0.3, 0.4) is 0 Å². The van der Waals surface area contributed by atoms with E-state index >= 15 is 0 Å². The van der Waals surface area contributed by atoms with Gasteiger partial charge in [0.05, 0.1) is 0 Å². The van der Waals surface area contributed by atoms with Crippen molar-refractivity contribution in [3.8, 4) is 0 Å². The molecule has 1 amide bonds. The molecule has 1 aromatic carbocycles. The summed E-state index contributed by atoms with van der Waals surface area (Å²) < 4.78 is 0. The zero-order chi connectivity index (χ0) is 16.0. The van der Waals surface area contributed by atoms with Crippen molar-refractivity contribution in [2.75, 3.05) is 25.5 Å². The lowest BCUT2D eigenvalue weighted by Crippen LogP contribution is -2.40. The quantitative estimate of drug-likeness (QED) is 0.835. The summed E-state index contributed by atoms with van der Waals surface area (Å²) in [5.74, 6) is -1.10. The number of hydrogen-bond donors (Lipinski definition) is 1. The number of carboxylic acid groups (broad SMARTS) is 1. The second-order valence-electron chi connectivity index (χ2n) is 5.57. The Balaban J connectivity index is 2.66. The Morgan fingerprint density at radius 3 is 2.43 bits per heavy atom. The van der Waals surface area contributed by atoms with Gasteiger partial charge in [0.2, 0.25) is 5.91 Å². The van der Waals surface area contributed by atoms with Crippen LogP contribution in [-0.2, 0) is 16.0 Å². The van der Waals surface area contributed by atoms with Crippen LogP contribution in [0.2, 0.25) is 0 Å². The number of carbonyl (C=O) groups is 2. The Morgan fingerprint density at radius 2 is 1.90 bits per heavy atom. The van der Waals surface area contributed by atoms with Crippen LogP contribution in [0, 0.1) is 0 Å². The SMILES string of the molecule is CC(C)N(CC(=O)O)C(=O)CCc1cccc(N(C)C)c1. The highest BCUT2D eigenvalue weighted by Gasteiger charge is 2.19. The number of carbonyl (C=O) groups excluding carboxylic acids is 1. The van der Waals surface area contributed by atoms with E-state index in [2.05, 4.69) is 0 Å². The van der Waals surface area contributed by atoms with E-state index in [0.29, 0.717) is 12.8 Å². The van der Waals surface area contributed by atoms with Gasteiger partial charge in [0.1, 0.15) is 6.54 Å². The first-order valence-electron chi connectivity index (χ1n) is 7.08. The molecule has 0 bridgehead atoms. The molecule has 1 N–H and O–H groups in total. The first kappa shape index (κ1) is 17.0. The van der Waals surface area contributed by atoms with Crippen LogP contribution in [0.15, 0.2) is 24.3 Å². The number of hydrogen-bond acceptors (Lipinski definition) is 3. The van der Waals surface area contributed by atoms with Crippen LogP contribution in [-0.4, -0.2) is 48.6 Å². The zero-order valence-corrected chi connectivity index (χ0v) is 13.2. The smallest absolute Gasteiger partial charge is 0.323 e. The maximum Gasteiger partial charge on any atom is 0.323 e. The summed E-state index contributed by atoms with van der Waals surface area (Å²) in [7, 11) is 3.94. The van der Waals surface area contributed by atoms with E-state index in [1.807, 2.05) is 57.1 Å². The molecule has 0 saturated heterocycles. The summed E-state index contributed by atoms with van der Waals surface area (Å²) in [5.41, 5.74) is 2.17. The summed E-state index contributed by atoms with van der Waals surface area (Å²) in [6, 6.07) is 7.89. The van der Waals surface area contributed by atoms with E-state index in [9.17, 15) is 9.59 Å². The van der Waals surface area contributed by atoms with Gasteiger partial charge in [0.25, 0.3) is 0 Å². The molecule has 1 rings (SSSR count). The Kier molecular flexibility index (Phi) is 6.21. The summed E-state index contributed by atoms with van der Waals surface area (Å²) in [6.07, 6.45) is 0.936. The van der Waals surface area contributed by atoms with Crippen LogP contribution >= 0.6 is 0 Å². The molecule has 0 unspecified atom stereocenters. The molecular weight excluding hydrogens is 268 g/mol. The molecule has 116 valence electrons. The Morgan fingerprint density at radius 1 is 1.24 bits per heavy atom. The Hall–Kier alpha value is -2.04. The highest BCUT2D eigenvalue weighted by Crippen LogP contribution is 2.15. The molecule has 5 heteroatoms. The number of nitrogens with zero attached hydrogens (tertiary/aromatic N) is 2. The third kappa shape index (κ3) is 5.45. The minimum absolute atomic E-state index is 0.110. The van der Waals surface area contributed by atoms with Crippen molar-refractivity contribution in [2.45, 2.75) is 32.7 Å². The van der Waals surface area contributed by atoms with Crippen molar-refractivity contribution in [2.24, 2.45) is 0 Å². The molecule has 0 aliphatic carbocycles. The van der Waals surface area contributed by atoms with Gasteiger partial charge in [-0.05, 0) is 38.0 Å². The average molecular weight is 292 g/mol. The monoisotopic (exact) mass is 292 g/mol. The van der Waals surface area contributed by atoms with Gasteiger partial charge in [-0.2, -0.15) is 0 Å². The number of carboxylic acids is 1. The van der Waals surface area contributed by atoms with Gasteiger partial charge in [-0.15, -0.1) is 0 Å². The molecule has 0 aromatic heterocycles. The number of aryl methyl sites for hydroxylation is 1. The minimum atomic E-state index is -0.980. The fraction of sp³-hybridized carbons (Fsp3) is 0.500. The van der Waals surface area contributed by atoms with E-state index in [0.717, 1.165) is 11.3 Å². The third-order valence-electron chi connectivity index (χ3n) is 3.30.